The van der Waals surface area contributed by atoms with Gasteiger partial charge in [0.1, 0.15) is 5.82 Å². The van der Waals surface area contributed by atoms with E-state index >= 15 is 0 Å². The lowest BCUT2D eigenvalue weighted by molar-refractivity contribution is 0.0764. The van der Waals surface area contributed by atoms with Crippen molar-refractivity contribution in [3.63, 3.8) is 0 Å². The Bertz CT molecular complexity index is 982. The molecule has 1 fully saturated rings. The first kappa shape index (κ1) is 24.2. The van der Waals surface area contributed by atoms with E-state index in [0.717, 1.165) is 48.4 Å². The van der Waals surface area contributed by atoms with Crippen molar-refractivity contribution in [2.24, 2.45) is 0 Å². The fourth-order valence-corrected chi connectivity index (χ4v) is 4.08. The van der Waals surface area contributed by atoms with Crippen LogP contribution in [0, 0.1) is 6.92 Å². The second-order valence-electron chi connectivity index (χ2n) is 7.62. The number of hydrogen-bond donors (Lipinski definition) is 2. The summed E-state index contributed by atoms with van der Waals surface area (Å²) < 4.78 is 0. The summed E-state index contributed by atoms with van der Waals surface area (Å²) >= 11 is 0. The number of imidazole rings is 1. The Hall–Kier alpha value is -2.08. The van der Waals surface area contributed by atoms with E-state index < -0.39 is 0 Å². The molecule has 2 heterocycles. The zero-order valence-corrected chi connectivity index (χ0v) is 19.1. The van der Waals surface area contributed by atoms with Gasteiger partial charge in [0.2, 0.25) is 0 Å². The van der Waals surface area contributed by atoms with Gasteiger partial charge in [-0.25, -0.2) is 4.98 Å². The molecule has 0 bridgehead atoms. The van der Waals surface area contributed by atoms with Crippen molar-refractivity contribution < 1.29 is 4.79 Å². The van der Waals surface area contributed by atoms with Crippen LogP contribution in [-0.2, 0) is 6.42 Å². The quantitative estimate of drug-likeness (QED) is 0.583. The largest absolute Gasteiger partial charge is 0.342 e. The number of amides is 1. The lowest BCUT2D eigenvalue weighted by atomic mass is 9.93. The summed E-state index contributed by atoms with van der Waals surface area (Å²) in [6.45, 7) is 7.44. The molecular formula is C23H30Cl2N4O. The Morgan fingerprint density at radius 1 is 1.20 bits per heavy atom. The van der Waals surface area contributed by atoms with Crippen molar-refractivity contribution in [3.8, 4) is 0 Å². The molecule has 30 heavy (non-hydrogen) atoms. The van der Waals surface area contributed by atoms with Crippen LogP contribution in [0.25, 0.3) is 11.0 Å². The Kier molecular flexibility index (Phi) is 8.71. The number of rotatable bonds is 6. The number of aromatic amines is 1. The Labute approximate surface area is 190 Å². The topological polar surface area (TPSA) is 61.0 Å². The van der Waals surface area contributed by atoms with Crippen LogP contribution < -0.4 is 5.32 Å². The molecule has 3 aromatic rings. The molecule has 7 heteroatoms. The molecule has 1 aliphatic heterocycles. The highest BCUT2D eigenvalue weighted by atomic mass is 35.5. The predicted molar refractivity (Wildman–Crippen MR) is 127 cm³/mol. The van der Waals surface area contributed by atoms with Crippen LogP contribution in [0.5, 0.6) is 0 Å². The summed E-state index contributed by atoms with van der Waals surface area (Å²) in [6.07, 6.45) is 1.81. The molecule has 1 aliphatic rings. The number of nitrogens with one attached hydrogen (secondary N) is 2. The molecule has 1 aromatic heterocycles. The predicted octanol–water partition coefficient (Wildman–Crippen LogP) is 4.50. The lowest BCUT2D eigenvalue weighted by Crippen LogP contribution is -2.33. The summed E-state index contributed by atoms with van der Waals surface area (Å²) in [5.41, 5.74) is 5.28. The number of H-pyrrole nitrogens is 1. The minimum Gasteiger partial charge on any atom is -0.342 e. The van der Waals surface area contributed by atoms with Gasteiger partial charge in [-0.2, -0.15) is 0 Å². The van der Waals surface area contributed by atoms with Gasteiger partial charge in [0, 0.05) is 31.6 Å². The van der Waals surface area contributed by atoms with E-state index in [-0.39, 0.29) is 30.7 Å². The monoisotopic (exact) mass is 448 g/mol. The van der Waals surface area contributed by atoms with Gasteiger partial charge in [-0.15, -0.1) is 24.8 Å². The van der Waals surface area contributed by atoms with Crippen molar-refractivity contribution in [1.29, 1.82) is 0 Å². The van der Waals surface area contributed by atoms with E-state index in [1.807, 2.05) is 36.1 Å². The molecule has 1 unspecified atom stereocenters. The van der Waals surface area contributed by atoms with E-state index in [1.54, 1.807) is 0 Å². The average molecular weight is 449 g/mol. The normalized spacial score (nSPS) is 15.5. The second-order valence-corrected chi connectivity index (χ2v) is 7.62. The Morgan fingerprint density at radius 2 is 2.00 bits per heavy atom. The van der Waals surface area contributed by atoms with Gasteiger partial charge in [-0.1, -0.05) is 24.3 Å². The third-order valence-electron chi connectivity index (χ3n) is 5.67. The Morgan fingerprint density at radius 3 is 2.73 bits per heavy atom. The maximum Gasteiger partial charge on any atom is 0.254 e. The summed E-state index contributed by atoms with van der Waals surface area (Å²) in [7, 11) is 0. The minimum absolute atomic E-state index is 0. The number of halogens is 2. The highest BCUT2D eigenvalue weighted by molar-refractivity contribution is 5.96. The first-order chi connectivity index (χ1) is 13.7. The Balaban J connectivity index is 0.00000160. The van der Waals surface area contributed by atoms with Crippen LogP contribution in [0.1, 0.15) is 46.6 Å². The van der Waals surface area contributed by atoms with Gasteiger partial charge in [-0.3, -0.25) is 4.79 Å². The standard InChI is InChI=1S/C23H28N4O.2ClH/c1-3-27(13-11-22-25-20-9-8-16(2)14-21(20)26-22)23(28)19-7-5-4-6-18(19)17-10-12-24-15-17;;/h4-9,14,17,24H,3,10-13,15H2,1-2H3,(H,25,26);2*1H. The first-order valence-corrected chi connectivity index (χ1v) is 10.2. The number of benzene rings is 2. The summed E-state index contributed by atoms with van der Waals surface area (Å²) in [5.74, 6) is 1.48. The zero-order valence-electron chi connectivity index (χ0n) is 17.5. The maximum absolute atomic E-state index is 13.3. The van der Waals surface area contributed by atoms with E-state index in [4.69, 9.17) is 0 Å². The number of nitrogens with zero attached hydrogens (tertiary/aromatic N) is 2. The van der Waals surface area contributed by atoms with Crippen LogP contribution in [0.15, 0.2) is 42.5 Å². The van der Waals surface area contributed by atoms with Crippen LogP contribution >= 0.6 is 24.8 Å². The van der Waals surface area contributed by atoms with Gasteiger partial charge in [0.05, 0.1) is 11.0 Å². The lowest BCUT2D eigenvalue weighted by Gasteiger charge is -2.23. The summed E-state index contributed by atoms with van der Waals surface area (Å²) in [4.78, 5) is 23.3. The number of carbonyl (C=O) groups is 1. The third kappa shape index (κ3) is 5.15. The van der Waals surface area contributed by atoms with Gasteiger partial charge >= 0.3 is 0 Å². The van der Waals surface area contributed by atoms with E-state index in [0.29, 0.717) is 19.0 Å². The van der Waals surface area contributed by atoms with Crippen molar-refractivity contribution >= 4 is 41.8 Å². The van der Waals surface area contributed by atoms with Crippen molar-refractivity contribution in [1.82, 2.24) is 20.2 Å². The van der Waals surface area contributed by atoms with Crippen molar-refractivity contribution in [2.45, 2.75) is 32.6 Å². The summed E-state index contributed by atoms with van der Waals surface area (Å²) in [6, 6.07) is 14.3. The van der Waals surface area contributed by atoms with Crippen molar-refractivity contribution in [3.05, 3.63) is 65.0 Å². The molecule has 0 spiro atoms. The van der Waals surface area contributed by atoms with Crippen LogP contribution in [0.3, 0.4) is 0 Å². The second kappa shape index (κ2) is 10.8. The number of carbonyl (C=O) groups excluding carboxylic acids is 1. The highest BCUT2D eigenvalue weighted by Crippen LogP contribution is 2.26. The molecule has 2 aromatic carbocycles. The van der Waals surface area contributed by atoms with Gasteiger partial charge in [0.25, 0.3) is 5.91 Å². The summed E-state index contributed by atoms with van der Waals surface area (Å²) in [5, 5.41) is 3.41. The number of aryl methyl sites for hydroxylation is 1. The molecule has 1 amide bonds. The number of fused-ring (bicyclic) bond motifs is 1. The number of aromatic nitrogens is 2. The molecule has 5 nitrogen and oxygen atoms in total. The van der Waals surface area contributed by atoms with Crippen LogP contribution in [0.4, 0.5) is 0 Å². The molecular weight excluding hydrogens is 419 g/mol. The molecule has 4 rings (SSSR count). The highest BCUT2D eigenvalue weighted by Gasteiger charge is 2.24. The molecule has 162 valence electrons. The first-order valence-electron chi connectivity index (χ1n) is 10.2. The molecule has 0 radical (unpaired) electrons. The number of likely N-dealkylation sites (N-methyl/N-ethyl adjacent to an activating group) is 1. The van der Waals surface area contributed by atoms with Gasteiger partial charge in [0.15, 0.2) is 0 Å². The minimum atomic E-state index is 0. The molecule has 1 saturated heterocycles. The smallest absolute Gasteiger partial charge is 0.254 e. The third-order valence-corrected chi connectivity index (χ3v) is 5.67. The van der Waals surface area contributed by atoms with E-state index in [1.165, 1.54) is 11.1 Å². The van der Waals surface area contributed by atoms with Crippen LogP contribution in [0.2, 0.25) is 0 Å². The van der Waals surface area contributed by atoms with Crippen molar-refractivity contribution in [2.75, 3.05) is 26.2 Å². The van der Waals surface area contributed by atoms with E-state index in [2.05, 4.69) is 40.4 Å². The van der Waals surface area contributed by atoms with Gasteiger partial charge < -0.3 is 15.2 Å². The molecule has 2 N–H and O–H groups in total. The zero-order chi connectivity index (χ0) is 19.5. The molecule has 0 saturated carbocycles. The fourth-order valence-electron chi connectivity index (χ4n) is 4.08. The molecule has 0 aliphatic carbocycles. The fraction of sp³-hybridized carbons (Fsp3) is 0.391. The van der Waals surface area contributed by atoms with Gasteiger partial charge in [-0.05, 0) is 62.1 Å². The van der Waals surface area contributed by atoms with Crippen LogP contribution in [-0.4, -0.2) is 47.0 Å². The maximum atomic E-state index is 13.3. The number of hydrogen-bond acceptors (Lipinski definition) is 3. The van der Waals surface area contributed by atoms with E-state index in [9.17, 15) is 4.79 Å². The average Bonchev–Trinajstić information content (AvgIpc) is 3.37. The molecule has 1 atom stereocenters. The SMILES string of the molecule is CCN(CCc1nc2ccc(C)cc2[nH]1)C(=O)c1ccccc1C1CCNC1.Cl.Cl.